The highest BCUT2D eigenvalue weighted by Gasteiger charge is 2.04. The highest BCUT2D eigenvalue weighted by molar-refractivity contribution is 9.13. The number of urea groups is 1. The number of carbonyl (C=O) groups excluding carboxylic acids is 1. The summed E-state index contributed by atoms with van der Waals surface area (Å²) in [5.41, 5.74) is 0. The number of nitrogens with zero attached hydrogens (tertiary/aromatic N) is 1. The summed E-state index contributed by atoms with van der Waals surface area (Å²) in [7, 11) is 3.45. The first kappa shape index (κ1) is 14.9. The lowest BCUT2D eigenvalue weighted by Crippen LogP contribution is -2.38. The average Bonchev–Trinajstić information content (AvgIpc) is 2.57. The van der Waals surface area contributed by atoms with E-state index < -0.39 is 0 Å². The number of thiophene rings is 1. The van der Waals surface area contributed by atoms with Crippen LogP contribution in [0.5, 0.6) is 0 Å². The molecule has 0 fully saturated rings. The first-order valence-corrected chi connectivity index (χ1v) is 7.50. The second-order valence-electron chi connectivity index (χ2n) is 3.64. The molecule has 1 aromatic rings. The van der Waals surface area contributed by atoms with Crippen LogP contribution < -0.4 is 10.6 Å². The van der Waals surface area contributed by atoms with Crippen LogP contribution in [0, 0.1) is 0 Å². The van der Waals surface area contributed by atoms with Crippen molar-refractivity contribution in [2.75, 3.05) is 27.2 Å². The fourth-order valence-corrected chi connectivity index (χ4v) is 3.25. The highest BCUT2D eigenvalue weighted by atomic mass is 79.9. The Bertz CT molecular complexity index is 362. The van der Waals surface area contributed by atoms with Gasteiger partial charge in [0.15, 0.2) is 0 Å². The second kappa shape index (κ2) is 7.35. The van der Waals surface area contributed by atoms with E-state index in [2.05, 4.69) is 48.6 Å². The van der Waals surface area contributed by atoms with E-state index in [4.69, 9.17) is 0 Å². The molecule has 7 heteroatoms. The van der Waals surface area contributed by atoms with Crippen LogP contribution in [-0.4, -0.2) is 38.1 Å². The molecule has 0 atom stereocenters. The largest absolute Gasteiger partial charge is 0.337 e. The Kier molecular flexibility index (Phi) is 6.47. The maximum atomic E-state index is 11.2. The van der Waals surface area contributed by atoms with Gasteiger partial charge in [-0.05, 0) is 37.9 Å². The van der Waals surface area contributed by atoms with E-state index in [1.807, 2.05) is 0 Å². The highest BCUT2D eigenvalue weighted by Crippen LogP contribution is 2.32. The minimum Gasteiger partial charge on any atom is -0.337 e. The van der Waals surface area contributed by atoms with Gasteiger partial charge >= 0.3 is 6.03 Å². The topological polar surface area (TPSA) is 44.4 Å². The molecule has 1 rings (SSSR count). The zero-order valence-corrected chi connectivity index (χ0v) is 13.7. The predicted octanol–water partition coefficient (Wildman–Crippen LogP) is 2.63. The molecule has 0 saturated carbocycles. The fraction of sp³-hybridized carbons (Fsp3) is 0.500. The van der Waals surface area contributed by atoms with Gasteiger partial charge in [-0.3, -0.25) is 0 Å². The summed E-state index contributed by atoms with van der Waals surface area (Å²) < 4.78 is 2.19. The van der Waals surface area contributed by atoms with Crippen LogP contribution in [0.2, 0.25) is 0 Å². The third-order valence-electron chi connectivity index (χ3n) is 1.98. The summed E-state index contributed by atoms with van der Waals surface area (Å²) >= 11 is 8.60. The number of carbonyl (C=O) groups is 1. The second-order valence-corrected chi connectivity index (χ2v) is 6.95. The lowest BCUT2D eigenvalue weighted by molar-refractivity contribution is 0.217. The van der Waals surface area contributed by atoms with Crippen LogP contribution in [-0.2, 0) is 6.54 Å². The molecule has 0 bridgehead atoms. The molecular formula is C10H15Br2N3OS. The lowest BCUT2D eigenvalue weighted by atomic mass is 10.4. The summed E-state index contributed by atoms with van der Waals surface area (Å²) in [6.07, 6.45) is 0. The van der Waals surface area contributed by atoms with Gasteiger partial charge in [0.1, 0.15) is 0 Å². The smallest absolute Gasteiger partial charge is 0.316 e. The van der Waals surface area contributed by atoms with Gasteiger partial charge in [0, 0.05) is 43.1 Å². The third kappa shape index (κ3) is 5.37. The predicted molar refractivity (Wildman–Crippen MR) is 78.5 cm³/mol. The van der Waals surface area contributed by atoms with Crippen molar-refractivity contribution >= 4 is 49.2 Å². The van der Waals surface area contributed by atoms with Gasteiger partial charge in [-0.2, -0.15) is 0 Å². The zero-order chi connectivity index (χ0) is 12.8. The minimum atomic E-state index is -0.0617. The van der Waals surface area contributed by atoms with E-state index in [1.54, 1.807) is 25.4 Å². The van der Waals surface area contributed by atoms with Gasteiger partial charge in [-0.1, -0.05) is 0 Å². The maximum Gasteiger partial charge on any atom is 0.316 e. The van der Waals surface area contributed by atoms with Crippen molar-refractivity contribution in [3.05, 3.63) is 19.2 Å². The molecular weight excluding hydrogens is 370 g/mol. The normalized spacial score (nSPS) is 10.4. The summed E-state index contributed by atoms with van der Waals surface area (Å²) in [6, 6.07) is 2.02. The Hall–Kier alpha value is -0.110. The average molecular weight is 385 g/mol. The molecule has 1 heterocycles. The molecule has 4 nitrogen and oxygen atoms in total. The molecule has 0 saturated heterocycles. The fourth-order valence-electron chi connectivity index (χ4n) is 1.11. The maximum absolute atomic E-state index is 11.2. The Labute approximate surface area is 122 Å². The van der Waals surface area contributed by atoms with Crippen molar-refractivity contribution in [2.24, 2.45) is 0 Å². The van der Waals surface area contributed by atoms with Gasteiger partial charge in [0.05, 0.1) is 3.79 Å². The van der Waals surface area contributed by atoms with Crippen LogP contribution in [0.25, 0.3) is 0 Å². The van der Waals surface area contributed by atoms with E-state index in [0.29, 0.717) is 6.54 Å². The first-order chi connectivity index (χ1) is 8.00. The molecule has 2 amide bonds. The quantitative estimate of drug-likeness (QED) is 0.766. The van der Waals surface area contributed by atoms with E-state index in [-0.39, 0.29) is 6.03 Å². The monoisotopic (exact) mass is 383 g/mol. The lowest BCUT2D eigenvalue weighted by Gasteiger charge is -2.11. The molecule has 0 unspecified atom stereocenters. The SMILES string of the molecule is CN(C)C(=O)NCCNCc1cc(Br)c(Br)s1. The standard InChI is InChI=1S/C10H15Br2N3OS/c1-15(2)10(16)14-4-3-13-6-7-5-8(11)9(12)17-7/h5,13H,3-4,6H2,1-2H3,(H,14,16). The van der Waals surface area contributed by atoms with Crippen molar-refractivity contribution in [2.45, 2.75) is 6.54 Å². The molecule has 0 radical (unpaired) electrons. The number of hydrogen-bond acceptors (Lipinski definition) is 3. The Morgan fingerprint density at radius 2 is 2.12 bits per heavy atom. The Morgan fingerprint density at radius 1 is 1.41 bits per heavy atom. The third-order valence-corrected chi connectivity index (χ3v) is 5.24. The number of halogens is 2. The summed E-state index contributed by atoms with van der Waals surface area (Å²) in [4.78, 5) is 14.0. The van der Waals surface area contributed by atoms with Crippen molar-refractivity contribution in [1.82, 2.24) is 15.5 Å². The van der Waals surface area contributed by atoms with Crippen LogP contribution in [0.4, 0.5) is 4.79 Å². The molecule has 0 aliphatic heterocycles. The van der Waals surface area contributed by atoms with E-state index in [1.165, 1.54) is 9.78 Å². The van der Waals surface area contributed by atoms with E-state index in [0.717, 1.165) is 21.3 Å². The molecule has 0 aliphatic rings. The number of nitrogens with one attached hydrogen (secondary N) is 2. The minimum absolute atomic E-state index is 0.0617. The van der Waals surface area contributed by atoms with Crippen LogP contribution >= 0.6 is 43.2 Å². The summed E-state index contributed by atoms with van der Waals surface area (Å²) in [5, 5.41) is 6.07. The van der Waals surface area contributed by atoms with E-state index >= 15 is 0 Å². The Morgan fingerprint density at radius 3 is 2.65 bits per heavy atom. The van der Waals surface area contributed by atoms with Gasteiger partial charge in [-0.15, -0.1) is 11.3 Å². The summed E-state index contributed by atoms with van der Waals surface area (Å²) in [6.45, 7) is 2.20. The van der Waals surface area contributed by atoms with Gasteiger partial charge in [-0.25, -0.2) is 4.79 Å². The van der Waals surface area contributed by atoms with Crippen LogP contribution in [0.3, 0.4) is 0 Å². The van der Waals surface area contributed by atoms with E-state index in [9.17, 15) is 4.79 Å². The molecule has 2 N–H and O–H groups in total. The molecule has 0 aliphatic carbocycles. The van der Waals surface area contributed by atoms with Gasteiger partial charge in [0.25, 0.3) is 0 Å². The van der Waals surface area contributed by atoms with Crippen molar-refractivity contribution < 1.29 is 4.79 Å². The molecule has 0 aromatic carbocycles. The number of amides is 2. The molecule has 17 heavy (non-hydrogen) atoms. The van der Waals surface area contributed by atoms with Crippen molar-refractivity contribution in [3.63, 3.8) is 0 Å². The summed E-state index contributed by atoms with van der Waals surface area (Å²) in [5.74, 6) is 0. The zero-order valence-electron chi connectivity index (χ0n) is 9.72. The van der Waals surface area contributed by atoms with Crippen molar-refractivity contribution in [3.8, 4) is 0 Å². The van der Waals surface area contributed by atoms with Crippen LogP contribution in [0.1, 0.15) is 4.88 Å². The molecule has 0 spiro atoms. The number of hydrogen-bond donors (Lipinski definition) is 2. The van der Waals surface area contributed by atoms with Gasteiger partial charge in [0.2, 0.25) is 0 Å². The van der Waals surface area contributed by atoms with Crippen molar-refractivity contribution in [1.29, 1.82) is 0 Å². The molecule has 1 aromatic heterocycles. The molecule has 96 valence electrons. The first-order valence-electron chi connectivity index (χ1n) is 5.10. The number of rotatable bonds is 5. The van der Waals surface area contributed by atoms with Crippen LogP contribution in [0.15, 0.2) is 14.3 Å². The Balaban J connectivity index is 2.14. The van der Waals surface area contributed by atoms with Gasteiger partial charge < -0.3 is 15.5 Å².